The van der Waals surface area contributed by atoms with E-state index in [4.69, 9.17) is 26.8 Å². The molecule has 24 heavy (non-hydrogen) atoms. The average molecular weight is 355 g/mol. The van der Waals surface area contributed by atoms with Crippen molar-refractivity contribution in [3.05, 3.63) is 23.8 Å². The van der Waals surface area contributed by atoms with Gasteiger partial charge in [0.15, 0.2) is 11.8 Å². The van der Waals surface area contributed by atoms with Gasteiger partial charge < -0.3 is 20.1 Å². The zero-order chi connectivity index (χ0) is 17.4. The molecule has 1 aromatic rings. The lowest BCUT2D eigenvalue weighted by atomic mass is 9.90. The Morgan fingerprint density at radius 3 is 2.79 bits per heavy atom. The van der Waals surface area contributed by atoms with Gasteiger partial charge in [-0.1, -0.05) is 11.6 Å². The number of benzene rings is 1. The van der Waals surface area contributed by atoms with Crippen molar-refractivity contribution in [3.8, 4) is 5.75 Å². The summed E-state index contributed by atoms with van der Waals surface area (Å²) in [4.78, 5) is 14.8. The van der Waals surface area contributed by atoms with Crippen molar-refractivity contribution in [1.29, 1.82) is 0 Å². The second-order valence-electron chi connectivity index (χ2n) is 6.25. The van der Waals surface area contributed by atoms with Crippen LogP contribution >= 0.6 is 11.6 Å². The molecule has 0 unspecified atom stereocenters. The van der Waals surface area contributed by atoms with E-state index >= 15 is 0 Å². The maximum absolute atomic E-state index is 12.4. The van der Waals surface area contributed by atoms with Crippen LogP contribution in [0.5, 0.6) is 5.75 Å². The number of ketones is 1. The summed E-state index contributed by atoms with van der Waals surface area (Å²) in [5.41, 5.74) is 6.94. The molecule has 2 N–H and O–H groups in total. The Hall–Kier alpha value is -1.30. The predicted molar refractivity (Wildman–Crippen MR) is 96.8 cm³/mol. The number of methoxy groups -OCH3 is 1. The minimum atomic E-state index is 0.0174. The number of nitrogens with two attached hydrogens (primary N) is 1. The molecule has 1 saturated heterocycles. The Bertz CT molecular complexity index is 531. The summed E-state index contributed by atoms with van der Waals surface area (Å²) in [7, 11) is 1.74. The zero-order valence-corrected chi connectivity index (χ0v) is 15.1. The maximum atomic E-state index is 12.4. The van der Waals surface area contributed by atoms with Crippen LogP contribution in [0, 0.1) is 5.92 Å². The van der Waals surface area contributed by atoms with Crippen LogP contribution in [0.1, 0.15) is 36.0 Å². The number of ether oxygens (including phenoxy) is 2. The lowest BCUT2D eigenvalue weighted by Crippen LogP contribution is -2.36. The summed E-state index contributed by atoms with van der Waals surface area (Å²) in [6, 6.07) is 5.16. The van der Waals surface area contributed by atoms with E-state index in [2.05, 4.69) is 4.90 Å². The van der Waals surface area contributed by atoms with E-state index in [0.717, 1.165) is 45.5 Å². The highest BCUT2D eigenvalue weighted by Gasteiger charge is 2.20. The molecule has 6 heteroatoms. The molecule has 0 bridgehead atoms. The van der Waals surface area contributed by atoms with Crippen LogP contribution < -0.4 is 10.5 Å². The number of nitrogen functional groups attached to an aromatic ring is 1. The maximum Gasteiger partial charge on any atom is 0.163 e. The highest BCUT2D eigenvalue weighted by atomic mass is 35.5. The highest BCUT2D eigenvalue weighted by molar-refractivity contribution is 6.17. The van der Waals surface area contributed by atoms with Gasteiger partial charge in [0.1, 0.15) is 5.75 Å². The summed E-state index contributed by atoms with van der Waals surface area (Å²) in [5, 5.41) is 0. The van der Waals surface area contributed by atoms with Crippen LogP contribution in [0.15, 0.2) is 18.2 Å². The van der Waals surface area contributed by atoms with Crippen molar-refractivity contribution < 1.29 is 14.3 Å². The van der Waals surface area contributed by atoms with Crippen molar-refractivity contribution in [2.75, 3.05) is 45.2 Å². The van der Waals surface area contributed by atoms with Gasteiger partial charge in [0, 0.05) is 25.6 Å². The Labute approximate surface area is 149 Å². The van der Waals surface area contributed by atoms with Crippen LogP contribution in [0.2, 0.25) is 0 Å². The molecule has 0 aromatic heterocycles. The first-order valence-corrected chi connectivity index (χ1v) is 9.00. The van der Waals surface area contributed by atoms with Gasteiger partial charge in [-0.25, -0.2) is 0 Å². The lowest BCUT2D eigenvalue weighted by Gasteiger charge is -2.31. The number of hydrogen-bond donors (Lipinski definition) is 1. The number of rotatable bonds is 9. The van der Waals surface area contributed by atoms with Crippen LogP contribution in [0.3, 0.4) is 0 Å². The molecule has 1 aliphatic heterocycles. The van der Waals surface area contributed by atoms with Crippen molar-refractivity contribution >= 4 is 23.1 Å². The molecular weight excluding hydrogens is 328 g/mol. The molecular formula is C18H27ClN2O3. The molecule has 0 amide bonds. The highest BCUT2D eigenvalue weighted by Crippen LogP contribution is 2.26. The van der Waals surface area contributed by atoms with Gasteiger partial charge in [0.05, 0.1) is 12.3 Å². The van der Waals surface area contributed by atoms with Gasteiger partial charge in [0.25, 0.3) is 0 Å². The molecule has 5 nitrogen and oxygen atoms in total. The molecule has 0 spiro atoms. The topological polar surface area (TPSA) is 64.8 Å². The number of nitrogens with zero attached hydrogens (tertiary/aromatic N) is 1. The number of hydrogen-bond acceptors (Lipinski definition) is 5. The summed E-state index contributed by atoms with van der Waals surface area (Å²) >= 11 is 5.57. The number of Topliss-reactive ketones (excluding diaryl/α,β-unsaturated/α-hetero) is 1. The van der Waals surface area contributed by atoms with Crippen LogP contribution in [-0.4, -0.2) is 50.1 Å². The first-order valence-electron chi connectivity index (χ1n) is 8.46. The summed E-state index contributed by atoms with van der Waals surface area (Å²) < 4.78 is 10.4. The number of alkyl halides is 1. The SMILES string of the molecule is COCCN1CCC(CCC(=O)c2ccc(N)c(OCCl)c2)CC1. The standard InChI is InChI=1S/C18H27ClN2O3/c1-23-11-10-21-8-6-14(7-9-21)2-5-17(22)15-3-4-16(20)18(12-15)24-13-19/h3-4,12,14H,2,5-11,13,20H2,1H3. The fourth-order valence-corrected chi connectivity index (χ4v) is 3.21. The van der Waals surface area contributed by atoms with E-state index in [1.165, 1.54) is 0 Å². The molecule has 1 aromatic carbocycles. The Kier molecular flexibility index (Phi) is 7.82. The molecule has 134 valence electrons. The van der Waals surface area contributed by atoms with E-state index < -0.39 is 0 Å². The molecule has 1 aliphatic rings. The van der Waals surface area contributed by atoms with E-state index in [9.17, 15) is 4.79 Å². The first-order chi connectivity index (χ1) is 11.6. The fraction of sp³-hybridized carbons (Fsp3) is 0.611. The van der Waals surface area contributed by atoms with Crippen molar-refractivity contribution in [2.24, 2.45) is 5.92 Å². The van der Waals surface area contributed by atoms with Crippen LogP contribution in [0.4, 0.5) is 5.69 Å². The van der Waals surface area contributed by atoms with Crippen molar-refractivity contribution in [3.63, 3.8) is 0 Å². The predicted octanol–water partition coefficient (Wildman–Crippen LogP) is 3.17. The van der Waals surface area contributed by atoms with E-state index in [1.54, 1.807) is 25.3 Å². The van der Waals surface area contributed by atoms with Gasteiger partial charge in [-0.2, -0.15) is 0 Å². The number of carbonyl (C=O) groups is 1. The minimum absolute atomic E-state index is 0.0174. The number of anilines is 1. The molecule has 2 rings (SSSR count). The largest absolute Gasteiger partial charge is 0.476 e. The van der Waals surface area contributed by atoms with E-state index in [-0.39, 0.29) is 11.8 Å². The monoisotopic (exact) mass is 354 g/mol. The van der Waals surface area contributed by atoms with Gasteiger partial charge in [-0.3, -0.25) is 4.79 Å². The summed E-state index contributed by atoms with van der Waals surface area (Å²) in [6.07, 6.45) is 3.80. The Balaban J connectivity index is 1.78. The molecule has 0 aliphatic carbocycles. The zero-order valence-electron chi connectivity index (χ0n) is 14.3. The Morgan fingerprint density at radius 1 is 1.38 bits per heavy atom. The second-order valence-corrected chi connectivity index (χ2v) is 6.46. The third kappa shape index (κ3) is 5.65. The molecule has 0 saturated carbocycles. The number of piperidine rings is 1. The van der Waals surface area contributed by atoms with Gasteiger partial charge in [-0.05, 0) is 56.5 Å². The fourth-order valence-electron chi connectivity index (χ4n) is 3.09. The third-order valence-electron chi connectivity index (χ3n) is 4.64. The second kappa shape index (κ2) is 9.87. The first kappa shape index (κ1) is 19.0. The third-order valence-corrected chi connectivity index (χ3v) is 4.75. The number of carbonyl (C=O) groups excluding carboxylic acids is 1. The smallest absolute Gasteiger partial charge is 0.163 e. The molecule has 1 heterocycles. The van der Waals surface area contributed by atoms with E-state index in [1.807, 2.05) is 0 Å². The van der Waals surface area contributed by atoms with Gasteiger partial charge >= 0.3 is 0 Å². The van der Waals surface area contributed by atoms with Gasteiger partial charge in [0.2, 0.25) is 0 Å². The van der Waals surface area contributed by atoms with Crippen molar-refractivity contribution in [1.82, 2.24) is 4.90 Å². The number of likely N-dealkylation sites (tertiary alicyclic amines) is 1. The van der Waals surface area contributed by atoms with Crippen LogP contribution in [-0.2, 0) is 4.74 Å². The Morgan fingerprint density at radius 2 is 2.12 bits per heavy atom. The minimum Gasteiger partial charge on any atom is -0.476 e. The molecule has 0 atom stereocenters. The van der Waals surface area contributed by atoms with E-state index in [0.29, 0.717) is 29.3 Å². The molecule has 1 fully saturated rings. The van der Waals surface area contributed by atoms with Gasteiger partial charge in [-0.15, -0.1) is 0 Å². The molecule has 0 radical (unpaired) electrons. The number of halogens is 1. The summed E-state index contributed by atoms with van der Waals surface area (Å²) in [6.45, 7) is 3.97. The van der Waals surface area contributed by atoms with Crippen LogP contribution in [0.25, 0.3) is 0 Å². The summed E-state index contributed by atoms with van der Waals surface area (Å²) in [5.74, 6) is 1.23. The quantitative estimate of drug-likeness (QED) is 0.419. The average Bonchev–Trinajstić information content (AvgIpc) is 2.61. The van der Waals surface area contributed by atoms with Crippen molar-refractivity contribution in [2.45, 2.75) is 25.7 Å². The normalized spacial score (nSPS) is 16.2. The lowest BCUT2D eigenvalue weighted by molar-refractivity contribution is 0.0949.